The van der Waals surface area contributed by atoms with Crippen molar-refractivity contribution < 1.29 is 45.8 Å². The van der Waals surface area contributed by atoms with Gasteiger partial charge in [-0.3, -0.25) is 4.79 Å². The quantitative estimate of drug-likeness (QED) is 0.275. The second kappa shape index (κ2) is 9.64. The number of benzene rings is 1. The highest BCUT2D eigenvalue weighted by Gasteiger charge is 2.62. The third-order valence-corrected chi connectivity index (χ3v) is 5.04. The van der Waals surface area contributed by atoms with Gasteiger partial charge in [0, 0.05) is 18.2 Å². The van der Waals surface area contributed by atoms with E-state index >= 15 is 0 Å². The number of ether oxygens (including phenoxy) is 1. The largest absolute Gasteiger partial charge is 0.490 e. The van der Waals surface area contributed by atoms with Crippen LogP contribution < -0.4 is 5.73 Å². The molecule has 0 aliphatic heterocycles. The molecule has 37 heavy (non-hydrogen) atoms. The molecular weight excluding hydrogens is 516 g/mol. The van der Waals surface area contributed by atoms with E-state index in [0.29, 0.717) is 12.6 Å². The first-order valence-corrected chi connectivity index (χ1v) is 9.95. The Labute approximate surface area is 203 Å². The normalized spacial score (nSPS) is 13.6. The Morgan fingerprint density at radius 2 is 1.86 bits per heavy atom. The number of aryl methyl sites for hydroxylation is 1. The zero-order valence-corrected chi connectivity index (χ0v) is 18.9. The summed E-state index contributed by atoms with van der Waals surface area (Å²) in [6, 6.07) is 2.79. The van der Waals surface area contributed by atoms with Crippen molar-refractivity contribution in [3.63, 3.8) is 0 Å². The molecule has 17 heteroatoms. The molecule has 198 valence electrons. The van der Waals surface area contributed by atoms with Crippen molar-refractivity contribution in [3.8, 4) is 17.1 Å². The Kier molecular flexibility index (Phi) is 7.12. The molecule has 0 fully saturated rings. The highest BCUT2D eigenvalue weighted by Crippen LogP contribution is 2.42. The van der Waals surface area contributed by atoms with Crippen LogP contribution in [0.25, 0.3) is 17.1 Å². The molecule has 0 bridgehead atoms. The lowest BCUT2D eigenvalue weighted by molar-refractivity contribution is -0.263. The predicted octanol–water partition coefficient (Wildman–Crippen LogP) is 1.89. The number of alkyl halides is 6. The first-order valence-electron chi connectivity index (χ1n) is 9.95. The van der Waals surface area contributed by atoms with Crippen molar-refractivity contribution in [1.82, 2.24) is 29.6 Å². The fourth-order valence-corrected chi connectivity index (χ4v) is 3.11. The number of nitrogens with two attached hydrogens (primary N) is 1. The zero-order valence-electron chi connectivity index (χ0n) is 18.9. The van der Waals surface area contributed by atoms with Crippen molar-refractivity contribution in [2.24, 2.45) is 0 Å². The number of aromatic nitrogens is 5. The average molecular weight is 533 g/mol. The first kappa shape index (κ1) is 27.3. The van der Waals surface area contributed by atoms with E-state index in [1.165, 1.54) is 19.6 Å². The van der Waals surface area contributed by atoms with Gasteiger partial charge in [0.25, 0.3) is 11.5 Å². The highest BCUT2D eigenvalue weighted by molar-refractivity contribution is 5.88. The molecule has 0 saturated heterocycles. The highest BCUT2D eigenvalue weighted by atomic mass is 19.4. The summed E-state index contributed by atoms with van der Waals surface area (Å²) in [5.41, 5.74) is 0.933. The number of hydrogen-bond acceptors (Lipinski definition) is 9. The minimum atomic E-state index is -5.64. The minimum absolute atomic E-state index is 0.00632. The number of esters is 1. The van der Waals surface area contributed by atoms with Crippen LogP contribution in [0.5, 0.6) is 0 Å². The fraction of sp³-hybridized carbons (Fsp3) is 0.300. The molecule has 2 heterocycles. The van der Waals surface area contributed by atoms with Crippen LogP contribution in [0.4, 0.5) is 32.2 Å². The zero-order chi connectivity index (χ0) is 27.8. The molecule has 0 aliphatic carbocycles. The number of halogens is 6. The SMILES string of the molecule is Cc1ccc(C(O)(C(=O)N(C)COC(=O)C(F)(F)F)C(F)(F)F)cc1-c1cnc(N)c(-n2cncn2)n1. The molecule has 0 radical (unpaired) electrons. The van der Waals surface area contributed by atoms with Gasteiger partial charge in [-0.15, -0.1) is 0 Å². The van der Waals surface area contributed by atoms with Crippen LogP contribution in [0.1, 0.15) is 11.1 Å². The van der Waals surface area contributed by atoms with E-state index in [1.54, 1.807) is 0 Å². The number of aliphatic hydroxyl groups is 1. The molecule has 0 saturated carbocycles. The van der Waals surface area contributed by atoms with E-state index in [9.17, 15) is 41.0 Å². The monoisotopic (exact) mass is 533 g/mol. The Hall–Kier alpha value is -4.28. The Balaban J connectivity index is 2.04. The second-order valence-corrected chi connectivity index (χ2v) is 7.60. The van der Waals surface area contributed by atoms with Crippen LogP contribution >= 0.6 is 0 Å². The maximum absolute atomic E-state index is 14.1. The minimum Gasteiger partial charge on any atom is -0.438 e. The van der Waals surface area contributed by atoms with Crippen LogP contribution in [0.15, 0.2) is 37.1 Å². The molecule has 3 aromatic rings. The number of hydrogen-bond donors (Lipinski definition) is 2. The number of amides is 1. The lowest BCUT2D eigenvalue weighted by Crippen LogP contribution is -2.55. The van der Waals surface area contributed by atoms with E-state index in [2.05, 4.69) is 24.8 Å². The Morgan fingerprint density at radius 1 is 1.19 bits per heavy atom. The molecule has 1 amide bonds. The number of likely N-dealkylation sites (N-methyl/N-ethyl adjacent to an activating group) is 1. The van der Waals surface area contributed by atoms with Gasteiger partial charge < -0.3 is 20.5 Å². The van der Waals surface area contributed by atoms with Gasteiger partial charge in [0.1, 0.15) is 12.7 Å². The van der Waals surface area contributed by atoms with Crippen LogP contribution in [-0.2, 0) is 19.9 Å². The molecule has 0 aliphatic rings. The third-order valence-electron chi connectivity index (χ3n) is 5.04. The molecule has 3 rings (SSSR count). The lowest BCUT2D eigenvalue weighted by atomic mass is 9.88. The predicted molar refractivity (Wildman–Crippen MR) is 111 cm³/mol. The number of carbonyl (C=O) groups excluding carboxylic acids is 2. The van der Waals surface area contributed by atoms with E-state index in [1.807, 2.05) is 0 Å². The number of anilines is 1. The average Bonchev–Trinajstić information content (AvgIpc) is 3.35. The van der Waals surface area contributed by atoms with Crippen molar-refractivity contribution in [1.29, 1.82) is 0 Å². The lowest BCUT2D eigenvalue weighted by Gasteiger charge is -2.33. The molecule has 1 unspecified atom stereocenters. The van der Waals surface area contributed by atoms with Crippen LogP contribution in [-0.4, -0.2) is 72.7 Å². The maximum Gasteiger partial charge on any atom is 0.490 e. The van der Waals surface area contributed by atoms with Gasteiger partial charge in [-0.2, -0.15) is 36.1 Å². The summed E-state index contributed by atoms with van der Waals surface area (Å²) >= 11 is 0. The number of nitrogen functional groups attached to an aromatic ring is 1. The summed E-state index contributed by atoms with van der Waals surface area (Å²) in [7, 11) is 0.619. The van der Waals surface area contributed by atoms with E-state index < -0.39 is 42.1 Å². The smallest absolute Gasteiger partial charge is 0.438 e. The molecule has 3 N–H and O–H groups in total. The van der Waals surface area contributed by atoms with Gasteiger partial charge >= 0.3 is 18.3 Å². The van der Waals surface area contributed by atoms with Crippen molar-refractivity contribution in [3.05, 3.63) is 48.2 Å². The molecule has 11 nitrogen and oxygen atoms in total. The number of rotatable bonds is 6. The first-order chi connectivity index (χ1) is 17.1. The van der Waals surface area contributed by atoms with Crippen molar-refractivity contribution in [2.45, 2.75) is 24.9 Å². The molecular formula is C20H17F6N7O4. The summed E-state index contributed by atoms with van der Waals surface area (Å²) in [4.78, 5) is 35.5. The van der Waals surface area contributed by atoms with Gasteiger partial charge in [-0.05, 0) is 18.6 Å². The molecule has 0 spiro atoms. The Morgan fingerprint density at radius 3 is 2.43 bits per heavy atom. The van der Waals surface area contributed by atoms with Gasteiger partial charge in [-0.25, -0.2) is 19.7 Å². The van der Waals surface area contributed by atoms with Gasteiger partial charge in [0.15, 0.2) is 18.4 Å². The Bertz CT molecular complexity index is 1310. The fourth-order valence-electron chi connectivity index (χ4n) is 3.11. The standard InChI is InChI=1S/C20H17F6N7O4/c1-10-3-4-11(5-12(10)13-6-29-14(27)15(31-13)33-8-28-7-30-33)18(36,20(24,25)26)16(34)32(2)9-37-17(35)19(21,22)23/h3-8,36H,9H2,1-2H3,(H2,27,29). The summed E-state index contributed by atoms with van der Waals surface area (Å²) in [6.07, 6.45) is -7.52. The summed E-state index contributed by atoms with van der Waals surface area (Å²) < 4.78 is 84.2. The third kappa shape index (κ3) is 5.30. The maximum atomic E-state index is 14.1. The van der Waals surface area contributed by atoms with Gasteiger partial charge in [0.2, 0.25) is 0 Å². The molecule has 1 aromatic carbocycles. The van der Waals surface area contributed by atoms with E-state index in [0.717, 1.165) is 29.1 Å². The number of nitrogens with zero attached hydrogens (tertiary/aromatic N) is 6. The summed E-state index contributed by atoms with van der Waals surface area (Å²) in [6.45, 7) is -0.0115. The van der Waals surface area contributed by atoms with Crippen molar-refractivity contribution in [2.75, 3.05) is 19.5 Å². The topological polar surface area (TPSA) is 149 Å². The van der Waals surface area contributed by atoms with Gasteiger partial charge in [-0.1, -0.05) is 12.1 Å². The summed E-state index contributed by atoms with van der Waals surface area (Å²) in [5, 5.41) is 14.5. The second-order valence-electron chi connectivity index (χ2n) is 7.60. The van der Waals surface area contributed by atoms with Crippen LogP contribution in [0.2, 0.25) is 0 Å². The molecule has 2 aromatic heterocycles. The molecule has 1 atom stereocenters. The van der Waals surface area contributed by atoms with Crippen LogP contribution in [0.3, 0.4) is 0 Å². The van der Waals surface area contributed by atoms with E-state index in [4.69, 9.17) is 5.73 Å². The van der Waals surface area contributed by atoms with Crippen molar-refractivity contribution >= 4 is 17.7 Å². The van der Waals surface area contributed by atoms with Gasteiger partial charge in [0.05, 0.1) is 11.9 Å². The van der Waals surface area contributed by atoms with Crippen LogP contribution in [0, 0.1) is 6.92 Å². The summed E-state index contributed by atoms with van der Waals surface area (Å²) in [5.74, 6) is -4.92. The number of carbonyl (C=O) groups is 2. The van der Waals surface area contributed by atoms with E-state index in [-0.39, 0.29) is 27.8 Å².